The quantitative estimate of drug-likeness (QED) is 0.266. The van der Waals surface area contributed by atoms with Gasteiger partial charge in [-0.25, -0.2) is 4.98 Å². The molecule has 1 spiro atoms. The lowest BCUT2D eigenvalue weighted by atomic mass is 9.87. The lowest BCUT2D eigenvalue weighted by Crippen LogP contribution is -2.51. The van der Waals surface area contributed by atoms with E-state index in [0.29, 0.717) is 27.0 Å². The van der Waals surface area contributed by atoms with E-state index < -0.39 is 29.1 Å². The van der Waals surface area contributed by atoms with Gasteiger partial charge in [0.15, 0.2) is 11.2 Å². The summed E-state index contributed by atoms with van der Waals surface area (Å²) in [5.74, 6) is -0.993. The van der Waals surface area contributed by atoms with Gasteiger partial charge in [0.1, 0.15) is 11.6 Å². The van der Waals surface area contributed by atoms with Gasteiger partial charge in [0.25, 0.3) is 11.8 Å². The van der Waals surface area contributed by atoms with Crippen LogP contribution in [0.1, 0.15) is 47.2 Å². The van der Waals surface area contributed by atoms with Crippen LogP contribution in [0.25, 0.3) is 11.4 Å². The molecule has 0 aliphatic carbocycles. The minimum atomic E-state index is -4.59. The van der Waals surface area contributed by atoms with Gasteiger partial charge in [-0.2, -0.15) is 13.2 Å². The molecule has 3 heterocycles. The highest BCUT2D eigenvalue weighted by atomic mass is 35.5. The van der Waals surface area contributed by atoms with E-state index in [4.69, 9.17) is 27.9 Å². The molecule has 0 bridgehead atoms. The van der Waals surface area contributed by atoms with Crippen molar-refractivity contribution in [3.8, 4) is 17.1 Å². The number of alkyl halides is 3. The van der Waals surface area contributed by atoms with E-state index in [1.54, 1.807) is 47.0 Å². The molecule has 2 aliphatic heterocycles. The van der Waals surface area contributed by atoms with Crippen molar-refractivity contribution >= 4 is 46.4 Å². The van der Waals surface area contributed by atoms with Crippen LogP contribution in [0.4, 0.5) is 24.5 Å². The number of imidazole rings is 1. The molecular formula is C29H21Cl2F3N4O3. The maximum absolute atomic E-state index is 14.3. The Balaban J connectivity index is 1.69. The number of rotatable bonds is 4. The summed E-state index contributed by atoms with van der Waals surface area (Å²) in [4.78, 5) is 34.5. The predicted molar refractivity (Wildman–Crippen MR) is 149 cm³/mol. The van der Waals surface area contributed by atoms with Gasteiger partial charge in [0.05, 0.1) is 23.9 Å². The van der Waals surface area contributed by atoms with Crippen LogP contribution in [0.2, 0.25) is 10.0 Å². The number of ether oxygens (including phenoxy) is 1. The van der Waals surface area contributed by atoms with Crippen LogP contribution in [-0.2, 0) is 16.5 Å². The van der Waals surface area contributed by atoms with Crippen molar-refractivity contribution < 1.29 is 27.5 Å². The van der Waals surface area contributed by atoms with E-state index >= 15 is 0 Å². The van der Waals surface area contributed by atoms with E-state index in [0.717, 1.165) is 12.1 Å². The summed E-state index contributed by atoms with van der Waals surface area (Å²) in [5, 5.41) is 3.60. The molecule has 0 fully saturated rings. The standard InChI is InChI=1S/C29H21Cl2F3N4O3/c1-14(2)37-24-23(36-25(37)19-9-7-15(29(32,33)34)11-22(19)41-3)26(39)38(18-6-4-5-16(30)12-18)28(24)20-10-8-17(31)13-21(20)35-27(28)40/h4-14H,1-3H3,(H,35,40). The number of nitrogens with zero attached hydrogens (tertiary/aromatic N) is 3. The number of amides is 2. The third kappa shape index (κ3) is 3.84. The van der Waals surface area contributed by atoms with E-state index in [1.807, 2.05) is 13.8 Å². The van der Waals surface area contributed by atoms with E-state index in [1.165, 1.54) is 18.1 Å². The summed E-state index contributed by atoms with van der Waals surface area (Å²) in [7, 11) is 1.26. The number of methoxy groups -OCH3 is 1. The van der Waals surface area contributed by atoms with Crippen molar-refractivity contribution in [1.29, 1.82) is 0 Å². The fourth-order valence-electron chi connectivity index (χ4n) is 5.69. The summed E-state index contributed by atoms with van der Waals surface area (Å²) in [5.41, 5.74) is -0.883. The Morgan fingerprint density at radius 2 is 1.73 bits per heavy atom. The molecule has 0 saturated heterocycles. The third-order valence-electron chi connectivity index (χ3n) is 7.30. The number of hydrogen-bond acceptors (Lipinski definition) is 4. The molecule has 0 radical (unpaired) electrons. The van der Waals surface area contributed by atoms with Crippen LogP contribution in [0.15, 0.2) is 60.7 Å². The molecule has 41 heavy (non-hydrogen) atoms. The summed E-state index contributed by atoms with van der Waals surface area (Å²) >= 11 is 12.6. The topological polar surface area (TPSA) is 76.5 Å². The van der Waals surface area contributed by atoms with Gasteiger partial charge in [-0.1, -0.05) is 35.3 Å². The van der Waals surface area contributed by atoms with Crippen LogP contribution in [0.3, 0.4) is 0 Å². The summed E-state index contributed by atoms with van der Waals surface area (Å²) in [6.45, 7) is 3.66. The van der Waals surface area contributed by atoms with E-state index in [-0.39, 0.29) is 34.6 Å². The first-order valence-electron chi connectivity index (χ1n) is 12.5. The van der Waals surface area contributed by atoms with Gasteiger partial charge in [0.2, 0.25) is 0 Å². The monoisotopic (exact) mass is 600 g/mol. The molecule has 0 saturated carbocycles. The molecular weight excluding hydrogens is 580 g/mol. The molecule has 210 valence electrons. The number of nitrogens with one attached hydrogen (secondary N) is 1. The van der Waals surface area contributed by atoms with Gasteiger partial charge in [0, 0.05) is 33.0 Å². The Morgan fingerprint density at radius 3 is 2.39 bits per heavy atom. The summed E-state index contributed by atoms with van der Waals surface area (Å²) < 4.78 is 47.5. The highest BCUT2D eigenvalue weighted by Gasteiger charge is 2.64. The summed E-state index contributed by atoms with van der Waals surface area (Å²) in [6, 6.07) is 14.1. The van der Waals surface area contributed by atoms with Crippen LogP contribution < -0.4 is 15.0 Å². The first-order valence-corrected chi connectivity index (χ1v) is 13.2. The highest BCUT2D eigenvalue weighted by molar-refractivity contribution is 6.32. The molecule has 2 aliphatic rings. The van der Waals surface area contributed by atoms with E-state index in [9.17, 15) is 22.8 Å². The molecule has 4 aromatic rings. The zero-order valence-electron chi connectivity index (χ0n) is 21.8. The number of halogens is 5. The number of carbonyl (C=O) groups excluding carboxylic acids is 2. The molecule has 6 rings (SSSR count). The minimum Gasteiger partial charge on any atom is -0.496 e. The Bertz CT molecular complexity index is 1770. The average Bonchev–Trinajstić information content (AvgIpc) is 3.51. The second kappa shape index (κ2) is 9.25. The Labute approximate surface area is 242 Å². The van der Waals surface area contributed by atoms with Gasteiger partial charge in [-0.05, 0) is 62.4 Å². The number of anilines is 2. The highest BCUT2D eigenvalue weighted by Crippen LogP contribution is 2.55. The SMILES string of the molecule is COc1cc(C(F)(F)F)ccc1-c1nc2c(n1C(C)C)C1(C(=O)Nc3cc(Cl)ccc31)N(c1cccc(Cl)c1)C2=O. The lowest BCUT2D eigenvalue weighted by Gasteiger charge is -2.35. The van der Waals surface area contributed by atoms with Gasteiger partial charge >= 0.3 is 6.18 Å². The minimum absolute atomic E-state index is 0.0198. The van der Waals surface area contributed by atoms with Crippen molar-refractivity contribution in [2.24, 2.45) is 0 Å². The molecule has 1 unspecified atom stereocenters. The van der Waals surface area contributed by atoms with Crippen LogP contribution >= 0.6 is 23.2 Å². The molecule has 1 atom stereocenters. The number of aromatic nitrogens is 2. The Morgan fingerprint density at radius 1 is 1.00 bits per heavy atom. The number of carbonyl (C=O) groups is 2. The number of fused-ring (bicyclic) bond motifs is 4. The van der Waals surface area contributed by atoms with Crippen LogP contribution in [0.5, 0.6) is 5.75 Å². The first kappa shape index (κ1) is 27.2. The summed E-state index contributed by atoms with van der Waals surface area (Å²) in [6.07, 6.45) is -4.59. The third-order valence-corrected chi connectivity index (χ3v) is 7.77. The van der Waals surface area contributed by atoms with Crippen molar-refractivity contribution in [3.05, 3.63) is 93.2 Å². The van der Waals surface area contributed by atoms with Crippen molar-refractivity contribution in [3.63, 3.8) is 0 Å². The zero-order valence-corrected chi connectivity index (χ0v) is 23.3. The van der Waals surface area contributed by atoms with Crippen LogP contribution in [0, 0.1) is 0 Å². The largest absolute Gasteiger partial charge is 0.496 e. The second-order valence-corrected chi connectivity index (χ2v) is 10.9. The van der Waals surface area contributed by atoms with Crippen molar-refractivity contribution in [2.45, 2.75) is 31.6 Å². The molecule has 1 N–H and O–H groups in total. The van der Waals surface area contributed by atoms with Crippen molar-refractivity contribution in [1.82, 2.24) is 9.55 Å². The molecule has 12 heteroatoms. The van der Waals surface area contributed by atoms with Crippen molar-refractivity contribution in [2.75, 3.05) is 17.3 Å². The fraction of sp³-hybridized carbons (Fsp3) is 0.207. The number of benzene rings is 3. The Kier molecular flexibility index (Phi) is 6.13. The Hall–Kier alpha value is -4.02. The smallest absolute Gasteiger partial charge is 0.416 e. The van der Waals surface area contributed by atoms with Crippen LogP contribution in [-0.4, -0.2) is 28.5 Å². The molecule has 1 aromatic heterocycles. The van der Waals surface area contributed by atoms with Gasteiger partial charge in [-0.3, -0.25) is 14.5 Å². The maximum atomic E-state index is 14.3. The number of hydrogen-bond donors (Lipinski definition) is 1. The molecule has 2 amide bonds. The average molecular weight is 601 g/mol. The molecule has 7 nitrogen and oxygen atoms in total. The van der Waals surface area contributed by atoms with E-state index in [2.05, 4.69) is 10.3 Å². The molecule has 3 aromatic carbocycles. The zero-order chi connectivity index (χ0) is 29.4. The lowest BCUT2D eigenvalue weighted by molar-refractivity contribution is -0.137. The fourth-order valence-corrected chi connectivity index (χ4v) is 6.05. The second-order valence-electron chi connectivity index (χ2n) is 9.98. The maximum Gasteiger partial charge on any atom is 0.416 e. The van der Waals surface area contributed by atoms with Gasteiger partial charge in [-0.15, -0.1) is 0 Å². The predicted octanol–water partition coefficient (Wildman–Crippen LogP) is 7.32. The normalized spacial score (nSPS) is 17.8. The van der Waals surface area contributed by atoms with Gasteiger partial charge < -0.3 is 14.6 Å². The first-order chi connectivity index (χ1) is 19.4.